The Balaban J connectivity index is 2.33. The molecule has 2 rings (SSSR count). The molecule has 0 spiro atoms. The van der Waals surface area contributed by atoms with Crippen LogP contribution < -0.4 is 4.90 Å². The highest BCUT2D eigenvalue weighted by Gasteiger charge is 2.33. The van der Waals surface area contributed by atoms with Crippen LogP contribution in [0.1, 0.15) is 34.6 Å². The van der Waals surface area contributed by atoms with Gasteiger partial charge >= 0.3 is 6.09 Å². The topological polar surface area (TPSA) is 29.5 Å². The number of para-hydroxylation sites is 1. The maximum atomic E-state index is 12.2. The van der Waals surface area contributed by atoms with Gasteiger partial charge in [-0.15, -0.1) is 0 Å². The van der Waals surface area contributed by atoms with Gasteiger partial charge in [-0.25, -0.2) is 4.79 Å². The third kappa shape index (κ3) is 2.43. The highest BCUT2D eigenvalue weighted by Crippen LogP contribution is 2.32. The zero-order valence-electron chi connectivity index (χ0n) is 11.8. The summed E-state index contributed by atoms with van der Waals surface area (Å²) in [5.41, 5.74) is 1.22. The summed E-state index contributed by atoms with van der Waals surface area (Å²) in [5, 5.41) is 0. The first kappa shape index (κ1) is 10.6. The molecular formula is C14H19NO2. The smallest absolute Gasteiger partial charge is 0.415 e. The summed E-state index contributed by atoms with van der Waals surface area (Å²) >= 11 is 0. The van der Waals surface area contributed by atoms with Crippen molar-refractivity contribution in [2.45, 2.75) is 45.8 Å². The van der Waals surface area contributed by atoms with Crippen LogP contribution in [0.4, 0.5) is 10.5 Å². The number of nitrogens with zero attached hydrogens (tertiary/aromatic N) is 1. The van der Waals surface area contributed by atoms with E-state index in [2.05, 4.69) is 0 Å². The standard InChI is InChI=1S/C14H19NO2/c1-10-9-11-7-5-6-8-12(11)15(10)13(16)17-14(2,3)4/h5-8,10H,9H2,1-4H3/t10-/m0/s1/i8D. The third-order valence-electron chi connectivity index (χ3n) is 2.71. The molecule has 1 heterocycles. The molecule has 3 heteroatoms. The minimum Gasteiger partial charge on any atom is -0.443 e. The van der Waals surface area contributed by atoms with Crippen molar-refractivity contribution in [3.8, 4) is 0 Å². The fraction of sp³-hybridized carbons (Fsp3) is 0.500. The Morgan fingerprint density at radius 2 is 2.24 bits per heavy atom. The second-order valence-corrected chi connectivity index (χ2v) is 5.45. The molecule has 0 aromatic heterocycles. The van der Waals surface area contributed by atoms with E-state index >= 15 is 0 Å². The SMILES string of the molecule is [2H]c1cccc2c1N(C(=O)OC(C)(C)C)[C@@H](C)C2. The first-order valence-corrected chi connectivity index (χ1v) is 5.90. The predicted octanol–water partition coefficient (Wildman–Crippen LogP) is 3.37. The molecule has 0 saturated carbocycles. The molecule has 1 aromatic carbocycles. The molecule has 17 heavy (non-hydrogen) atoms. The number of carbonyl (C=O) groups is 1. The third-order valence-corrected chi connectivity index (χ3v) is 2.71. The molecule has 3 nitrogen and oxygen atoms in total. The molecule has 1 aromatic rings. The van der Waals surface area contributed by atoms with Crippen LogP contribution in [0.2, 0.25) is 0 Å². The van der Waals surface area contributed by atoms with Gasteiger partial charge in [0.2, 0.25) is 0 Å². The molecule has 0 fully saturated rings. The van der Waals surface area contributed by atoms with Gasteiger partial charge in [0.25, 0.3) is 0 Å². The molecule has 0 radical (unpaired) electrons. The van der Waals surface area contributed by atoms with Gasteiger partial charge < -0.3 is 4.74 Å². The van der Waals surface area contributed by atoms with E-state index in [-0.39, 0.29) is 12.1 Å². The average Bonchev–Trinajstić information content (AvgIpc) is 2.53. The van der Waals surface area contributed by atoms with Crippen LogP contribution in [0.3, 0.4) is 0 Å². The summed E-state index contributed by atoms with van der Waals surface area (Å²) in [5.74, 6) is 0. The Morgan fingerprint density at radius 1 is 1.53 bits per heavy atom. The minimum atomic E-state index is -0.517. The van der Waals surface area contributed by atoms with Crippen LogP contribution in [0.25, 0.3) is 0 Å². The summed E-state index contributed by atoms with van der Waals surface area (Å²) in [6.07, 6.45) is 0.412. The van der Waals surface area contributed by atoms with E-state index in [4.69, 9.17) is 6.11 Å². The lowest BCUT2D eigenvalue weighted by atomic mass is 10.1. The molecule has 0 bridgehead atoms. The van der Waals surface area contributed by atoms with Crippen molar-refractivity contribution in [1.82, 2.24) is 0 Å². The van der Waals surface area contributed by atoms with Crippen LogP contribution >= 0.6 is 0 Å². The molecule has 0 aliphatic carbocycles. The van der Waals surface area contributed by atoms with Crippen molar-refractivity contribution in [1.29, 1.82) is 0 Å². The highest BCUT2D eigenvalue weighted by molar-refractivity contribution is 5.91. The number of ether oxygens (including phenoxy) is 1. The van der Waals surface area contributed by atoms with Gasteiger partial charge in [-0.3, -0.25) is 4.90 Å². The Morgan fingerprint density at radius 3 is 2.88 bits per heavy atom. The Bertz CT molecular complexity index is 479. The summed E-state index contributed by atoms with van der Waals surface area (Å²) < 4.78 is 13.4. The van der Waals surface area contributed by atoms with Gasteiger partial charge in [0.1, 0.15) is 5.60 Å². The van der Waals surface area contributed by atoms with Crippen molar-refractivity contribution in [3.05, 3.63) is 29.8 Å². The predicted molar refractivity (Wildman–Crippen MR) is 68.3 cm³/mol. The second kappa shape index (κ2) is 4.06. The Kier molecular flexibility index (Phi) is 2.54. The summed E-state index contributed by atoms with van der Waals surface area (Å²) in [6.45, 7) is 7.51. The maximum Gasteiger partial charge on any atom is 0.415 e. The van der Waals surface area contributed by atoms with E-state index in [1.54, 1.807) is 11.0 Å². The van der Waals surface area contributed by atoms with E-state index in [0.29, 0.717) is 11.7 Å². The molecule has 92 valence electrons. The first-order chi connectivity index (χ1) is 8.29. The zero-order chi connectivity index (χ0) is 13.5. The number of benzene rings is 1. The van der Waals surface area contributed by atoms with Crippen LogP contribution in [0.5, 0.6) is 0 Å². The molecule has 1 aliphatic heterocycles. The number of rotatable bonds is 0. The lowest BCUT2D eigenvalue weighted by molar-refractivity contribution is 0.0572. The van der Waals surface area contributed by atoms with Crippen LogP contribution in [-0.2, 0) is 11.2 Å². The molecular weight excluding hydrogens is 214 g/mol. The number of carbonyl (C=O) groups excluding carboxylic acids is 1. The molecule has 1 aliphatic rings. The van der Waals surface area contributed by atoms with E-state index in [0.717, 1.165) is 12.0 Å². The average molecular weight is 234 g/mol. The normalized spacial score (nSPS) is 19.9. The number of anilines is 1. The lowest BCUT2D eigenvalue weighted by Crippen LogP contribution is -2.40. The van der Waals surface area contributed by atoms with Crippen molar-refractivity contribution in [2.24, 2.45) is 0 Å². The molecule has 0 saturated heterocycles. The van der Waals surface area contributed by atoms with Gasteiger partial charge in [-0.05, 0) is 45.7 Å². The summed E-state index contributed by atoms with van der Waals surface area (Å²) in [4.78, 5) is 13.8. The number of fused-ring (bicyclic) bond motifs is 1. The van der Waals surface area contributed by atoms with Crippen LogP contribution in [-0.4, -0.2) is 17.7 Å². The maximum absolute atomic E-state index is 12.2. The zero-order valence-corrected chi connectivity index (χ0v) is 10.8. The van der Waals surface area contributed by atoms with E-state index in [1.165, 1.54) is 0 Å². The summed E-state index contributed by atoms with van der Waals surface area (Å²) in [7, 11) is 0. The van der Waals surface area contributed by atoms with Gasteiger partial charge in [0, 0.05) is 6.04 Å². The van der Waals surface area contributed by atoms with E-state index in [9.17, 15) is 4.79 Å². The molecule has 1 amide bonds. The number of hydrogen-bond donors (Lipinski definition) is 0. The van der Waals surface area contributed by atoms with E-state index in [1.807, 2.05) is 39.8 Å². The number of amides is 1. The molecule has 0 N–H and O–H groups in total. The largest absolute Gasteiger partial charge is 0.443 e. The fourth-order valence-corrected chi connectivity index (χ4v) is 2.06. The van der Waals surface area contributed by atoms with Gasteiger partial charge in [0.05, 0.1) is 7.06 Å². The summed E-state index contributed by atoms with van der Waals surface area (Å²) in [6, 6.07) is 5.94. The molecule has 1 atom stereocenters. The second-order valence-electron chi connectivity index (χ2n) is 5.45. The van der Waals surface area contributed by atoms with Gasteiger partial charge in [-0.2, -0.15) is 0 Å². The monoisotopic (exact) mass is 234 g/mol. The minimum absolute atomic E-state index is 0.0429. The van der Waals surface area contributed by atoms with Crippen molar-refractivity contribution in [3.63, 3.8) is 0 Å². The first-order valence-electron chi connectivity index (χ1n) is 6.40. The van der Waals surface area contributed by atoms with Crippen molar-refractivity contribution in [2.75, 3.05) is 4.90 Å². The van der Waals surface area contributed by atoms with E-state index < -0.39 is 5.60 Å². The van der Waals surface area contributed by atoms with Crippen LogP contribution in [0, 0.1) is 0 Å². The van der Waals surface area contributed by atoms with Crippen molar-refractivity contribution >= 4 is 11.8 Å². The van der Waals surface area contributed by atoms with Gasteiger partial charge in [-0.1, -0.05) is 18.2 Å². The fourth-order valence-electron chi connectivity index (χ4n) is 2.06. The Labute approximate surface area is 104 Å². The number of hydrogen-bond acceptors (Lipinski definition) is 2. The van der Waals surface area contributed by atoms with Crippen LogP contribution in [0.15, 0.2) is 24.2 Å². The quantitative estimate of drug-likeness (QED) is 0.688. The Hall–Kier alpha value is -1.51. The van der Waals surface area contributed by atoms with Gasteiger partial charge in [0.15, 0.2) is 0 Å². The molecule has 0 unspecified atom stereocenters. The van der Waals surface area contributed by atoms with Crippen molar-refractivity contribution < 1.29 is 10.9 Å². The highest BCUT2D eigenvalue weighted by atomic mass is 16.6. The lowest BCUT2D eigenvalue weighted by Gasteiger charge is -2.27.